The highest BCUT2D eigenvalue weighted by Gasteiger charge is 2.60. The number of aromatic nitrogens is 1. The lowest BCUT2D eigenvalue weighted by Crippen LogP contribution is -2.58. The summed E-state index contributed by atoms with van der Waals surface area (Å²) in [7, 11) is 0. The van der Waals surface area contributed by atoms with Crippen LogP contribution in [0.4, 0.5) is 40.3 Å². The molecule has 2 aromatic carbocycles. The van der Waals surface area contributed by atoms with Crippen LogP contribution in [0.3, 0.4) is 0 Å². The van der Waals surface area contributed by atoms with Crippen LogP contribution in [0.5, 0.6) is 5.75 Å². The molecule has 330 valence electrons. The predicted molar refractivity (Wildman–Crippen MR) is 226 cm³/mol. The average molecular weight is 880 g/mol. The van der Waals surface area contributed by atoms with Gasteiger partial charge in [0.05, 0.1) is 29.7 Å². The van der Waals surface area contributed by atoms with Crippen molar-refractivity contribution in [1.29, 1.82) is 5.26 Å². The lowest BCUT2D eigenvalue weighted by Gasteiger charge is -2.45. The molecule has 14 nitrogen and oxygen atoms in total. The van der Waals surface area contributed by atoms with Crippen molar-refractivity contribution in [2.75, 3.05) is 53.2 Å². The summed E-state index contributed by atoms with van der Waals surface area (Å²) in [4.78, 5) is 62.1. The van der Waals surface area contributed by atoms with E-state index in [0.717, 1.165) is 24.2 Å². The largest absolute Gasteiger partial charge is 0.492 e. The highest BCUT2D eigenvalue weighted by molar-refractivity contribution is 7.81. The molecule has 3 saturated heterocycles. The number of carbonyl (C=O) groups is 4. The van der Waals surface area contributed by atoms with E-state index in [9.17, 15) is 42.0 Å². The number of hydrogen-bond acceptors (Lipinski definition) is 12. The Hall–Kier alpha value is -5.45. The number of anilines is 4. The zero-order valence-electron chi connectivity index (χ0n) is 34.8. The van der Waals surface area contributed by atoms with Crippen molar-refractivity contribution in [3.8, 4) is 11.8 Å². The minimum absolute atomic E-state index is 0.0134. The SMILES string of the molecule is CC(C)c1cc(N2C(S)N(c3cnc(C#N)c(C(F)(F)F)c3)C(=O)C23CCC3)ccc1OCCN1C[C@@H](C)N(CC(=O)Nc2cc(NC3CCC(=O)NC3=O)ccc2F)[C@@H](C)C1. The van der Waals surface area contributed by atoms with Crippen LogP contribution >= 0.6 is 12.6 Å². The van der Waals surface area contributed by atoms with Crippen LogP contribution in [-0.4, -0.2) is 100 Å². The zero-order valence-corrected chi connectivity index (χ0v) is 35.7. The summed E-state index contributed by atoms with van der Waals surface area (Å²) in [6.45, 7) is 10.4. The van der Waals surface area contributed by atoms with Crippen LogP contribution in [0.25, 0.3) is 0 Å². The molecule has 4 heterocycles. The number of imide groups is 1. The maximum absolute atomic E-state index is 14.8. The Morgan fingerprint density at radius 1 is 1.08 bits per heavy atom. The molecule has 4 atom stereocenters. The van der Waals surface area contributed by atoms with Gasteiger partial charge in [-0.3, -0.25) is 39.2 Å². The number of thiol groups is 1. The van der Waals surface area contributed by atoms with Gasteiger partial charge < -0.3 is 20.3 Å². The lowest BCUT2D eigenvalue weighted by molar-refractivity contribution is -0.138. The lowest BCUT2D eigenvalue weighted by atomic mass is 9.75. The Morgan fingerprint density at radius 2 is 1.81 bits per heavy atom. The third-order valence-corrected chi connectivity index (χ3v) is 12.6. The monoisotopic (exact) mass is 879 g/mol. The molecule has 2 unspecified atom stereocenters. The molecule has 3 aliphatic heterocycles. The third-order valence-electron chi connectivity index (χ3n) is 12.2. The quantitative estimate of drug-likeness (QED) is 0.0981. The number of rotatable bonds is 12. The predicted octanol–water partition coefficient (Wildman–Crippen LogP) is 5.85. The van der Waals surface area contributed by atoms with Crippen molar-refractivity contribution in [2.45, 2.75) is 101 Å². The number of amides is 4. The number of ether oxygens (including phenoxy) is 1. The molecule has 0 radical (unpaired) electrons. The maximum atomic E-state index is 14.8. The first kappa shape index (κ1) is 44.6. The van der Waals surface area contributed by atoms with Gasteiger partial charge in [0.25, 0.3) is 5.91 Å². The van der Waals surface area contributed by atoms with Crippen molar-refractivity contribution in [3.63, 3.8) is 0 Å². The van der Waals surface area contributed by atoms with Gasteiger partial charge in [-0.15, -0.1) is 12.6 Å². The van der Waals surface area contributed by atoms with Crippen molar-refractivity contribution in [2.24, 2.45) is 0 Å². The molecular formula is C43H49F4N9O5S. The molecule has 4 amide bonds. The normalized spacial score (nSPS) is 23.0. The number of piperidine rings is 1. The number of nitrogens with one attached hydrogen (secondary N) is 3. The van der Waals surface area contributed by atoms with Crippen LogP contribution in [0.1, 0.15) is 82.5 Å². The molecule has 7 rings (SSSR count). The molecular weight excluding hydrogens is 831 g/mol. The van der Waals surface area contributed by atoms with E-state index in [4.69, 9.17) is 17.4 Å². The number of nitrogens with zero attached hydrogens (tertiary/aromatic N) is 6. The van der Waals surface area contributed by atoms with Crippen LogP contribution in [-0.2, 0) is 25.4 Å². The van der Waals surface area contributed by atoms with E-state index in [2.05, 4.69) is 30.7 Å². The molecule has 1 spiro atoms. The summed E-state index contributed by atoms with van der Waals surface area (Å²) < 4.78 is 62.8. The van der Waals surface area contributed by atoms with Crippen LogP contribution in [0, 0.1) is 17.1 Å². The van der Waals surface area contributed by atoms with Gasteiger partial charge in [0.2, 0.25) is 17.7 Å². The first-order valence-electron chi connectivity index (χ1n) is 20.6. The average Bonchev–Trinajstić information content (AvgIpc) is 3.44. The third kappa shape index (κ3) is 8.90. The van der Waals surface area contributed by atoms with Gasteiger partial charge >= 0.3 is 6.18 Å². The number of piperazine rings is 1. The fourth-order valence-electron chi connectivity index (χ4n) is 8.87. The number of halogens is 4. The van der Waals surface area contributed by atoms with Crippen molar-refractivity contribution >= 4 is 59.0 Å². The molecule has 19 heteroatoms. The summed E-state index contributed by atoms with van der Waals surface area (Å²) in [5.41, 5.74) is -2.05. The number of nitriles is 1. The Morgan fingerprint density at radius 3 is 2.44 bits per heavy atom. The number of alkyl halides is 3. The van der Waals surface area contributed by atoms with Gasteiger partial charge in [0.15, 0.2) is 11.2 Å². The van der Waals surface area contributed by atoms with Crippen LogP contribution < -0.4 is 30.5 Å². The Balaban J connectivity index is 0.963. The minimum Gasteiger partial charge on any atom is -0.492 e. The molecule has 4 fully saturated rings. The molecule has 3 aromatic rings. The highest BCUT2D eigenvalue weighted by atomic mass is 32.1. The molecule has 62 heavy (non-hydrogen) atoms. The number of carbonyl (C=O) groups excluding carboxylic acids is 4. The molecule has 1 saturated carbocycles. The number of benzene rings is 2. The Labute approximate surface area is 362 Å². The van der Waals surface area contributed by atoms with Gasteiger partial charge in [0.1, 0.15) is 35.8 Å². The smallest absolute Gasteiger partial charge is 0.419 e. The van der Waals surface area contributed by atoms with Gasteiger partial charge in [-0.05, 0) is 93.5 Å². The summed E-state index contributed by atoms with van der Waals surface area (Å²) in [5, 5.41) is 17.2. The van der Waals surface area contributed by atoms with Crippen LogP contribution in [0.2, 0.25) is 0 Å². The summed E-state index contributed by atoms with van der Waals surface area (Å²) in [5.74, 6) is -1.51. The molecule has 1 aromatic heterocycles. The van der Waals surface area contributed by atoms with Gasteiger partial charge in [-0.25, -0.2) is 9.37 Å². The Bertz CT molecular complexity index is 2270. The standard InChI is InChI=1S/C43H49F4N9O5S/c1-24(2)30-17-28(56-41(62)55(40(60)42(56)12-5-13-42)29-18-31(43(45,46)47)35(19-48)49-20-29)7-10-36(30)61-15-14-53-21-25(3)54(26(4)22-53)23-38(58)51-34-16-27(6-8-32(34)44)50-33-9-11-37(57)52-39(33)59/h6-8,10,16-18,20,24-26,33,41,50,62H,5,9,11-15,21-23H2,1-4H3,(H,51,58)(H,52,57,59)/t25-,26+,33?,41?. The van der Waals surface area contributed by atoms with Gasteiger partial charge in [-0.2, -0.15) is 18.4 Å². The maximum Gasteiger partial charge on any atom is 0.419 e. The van der Waals surface area contributed by atoms with Gasteiger partial charge in [0, 0.05) is 49.5 Å². The highest BCUT2D eigenvalue weighted by Crippen LogP contribution is 2.51. The Kier molecular flexibility index (Phi) is 12.8. The summed E-state index contributed by atoms with van der Waals surface area (Å²) >= 11 is 4.80. The molecule has 3 N–H and O–H groups in total. The second-order valence-corrected chi connectivity index (χ2v) is 17.2. The van der Waals surface area contributed by atoms with Gasteiger partial charge in [-0.1, -0.05) is 13.8 Å². The van der Waals surface area contributed by atoms with E-state index in [0.29, 0.717) is 62.6 Å². The fraction of sp³-hybridized carbons (Fsp3) is 0.488. The molecule has 4 aliphatic rings. The minimum atomic E-state index is -4.84. The first-order chi connectivity index (χ1) is 29.4. The first-order valence-corrected chi connectivity index (χ1v) is 21.1. The number of pyridine rings is 1. The van der Waals surface area contributed by atoms with Crippen molar-refractivity contribution < 1.29 is 41.5 Å². The molecule has 0 bridgehead atoms. The zero-order chi connectivity index (χ0) is 44.7. The van der Waals surface area contributed by atoms with Crippen molar-refractivity contribution in [3.05, 3.63) is 71.3 Å². The van der Waals surface area contributed by atoms with E-state index < -0.39 is 46.2 Å². The summed E-state index contributed by atoms with van der Waals surface area (Å²) in [6.07, 6.45) is -1.49. The number of hydrogen-bond donors (Lipinski definition) is 4. The van der Waals surface area contributed by atoms with E-state index in [-0.39, 0.29) is 60.1 Å². The molecule has 1 aliphatic carbocycles. The second-order valence-electron chi connectivity index (χ2n) is 16.7. The van der Waals surface area contributed by atoms with E-state index in [1.165, 1.54) is 29.2 Å². The van der Waals surface area contributed by atoms with E-state index >= 15 is 0 Å². The topological polar surface area (TPSA) is 163 Å². The summed E-state index contributed by atoms with van der Waals surface area (Å²) in [6, 6.07) is 11.3. The van der Waals surface area contributed by atoms with Crippen molar-refractivity contribution in [1.82, 2.24) is 20.1 Å². The van der Waals surface area contributed by atoms with E-state index in [1.54, 1.807) is 0 Å². The van der Waals surface area contributed by atoms with E-state index in [1.807, 2.05) is 50.8 Å². The fourth-order valence-corrected chi connectivity index (χ4v) is 9.46. The van der Waals surface area contributed by atoms with Crippen LogP contribution in [0.15, 0.2) is 48.7 Å². The second kappa shape index (κ2) is 17.7.